The molecule has 0 aliphatic heterocycles. The highest BCUT2D eigenvalue weighted by Crippen LogP contribution is 2.35. The average molecular weight is 473 g/mol. The van der Waals surface area contributed by atoms with Crippen molar-refractivity contribution in [3.63, 3.8) is 0 Å². The molecule has 1 aliphatic rings. The van der Waals surface area contributed by atoms with Crippen molar-refractivity contribution in [1.82, 2.24) is 0 Å². The highest BCUT2D eigenvalue weighted by molar-refractivity contribution is 5.97. The first-order valence-corrected chi connectivity index (χ1v) is 12.9. The van der Waals surface area contributed by atoms with E-state index in [0.29, 0.717) is 0 Å². The molecule has 0 bridgehead atoms. The lowest BCUT2D eigenvalue weighted by Gasteiger charge is -2.19. The standard InChI is InChI=1S/C18H18.C14H14.C2H6.C2H2/c1-3-8-14-13(2)15-9-4-5-11-17(15)18-12-7-6-10-16(14)18;1-11-5-3-7-13(9-11)14-8-4-6-12(2)10-14;2*1-2/h3-5,7-9,11-12H,6,10H2,1-2H3;3-10H,1-2H3;1-2H3;1-2H/b8-3-;;;. The number of allylic oxidation sites excluding steroid dienone is 2. The third-order valence-corrected chi connectivity index (χ3v) is 6.22. The topological polar surface area (TPSA) is 0 Å². The van der Waals surface area contributed by atoms with Gasteiger partial charge in [-0.05, 0) is 84.7 Å². The quantitative estimate of drug-likeness (QED) is 0.254. The summed E-state index contributed by atoms with van der Waals surface area (Å²) in [6.07, 6.45) is 19.3. The molecule has 4 aromatic rings. The zero-order chi connectivity index (χ0) is 26.5. The summed E-state index contributed by atoms with van der Waals surface area (Å²) in [4.78, 5) is 0. The molecule has 0 amide bonds. The Morgan fingerprint density at radius 2 is 1.28 bits per heavy atom. The van der Waals surface area contributed by atoms with Crippen LogP contribution in [0.25, 0.3) is 34.1 Å². The molecule has 0 atom stereocenters. The molecule has 0 aromatic heterocycles. The highest BCUT2D eigenvalue weighted by Gasteiger charge is 2.15. The molecule has 36 heavy (non-hydrogen) atoms. The molecule has 0 fully saturated rings. The summed E-state index contributed by atoms with van der Waals surface area (Å²) in [5, 5.41) is 2.78. The van der Waals surface area contributed by atoms with Gasteiger partial charge in [-0.15, -0.1) is 12.8 Å². The van der Waals surface area contributed by atoms with Crippen molar-refractivity contribution < 1.29 is 0 Å². The summed E-state index contributed by atoms with van der Waals surface area (Å²) in [7, 11) is 0. The van der Waals surface area contributed by atoms with E-state index in [1.807, 2.05) is 13.8 Å². The zero-order valence-corrected chi connectivity index (χ0v) is 22.8. The monoisotopic (exact) mass is 472 g/mol. The van der Waals surface area contributed by atoms with Crippen molar-refractivity contribution in [2.45, 2.75) is 54.4 Å². The van der Waals surface area contributed by atoms with Gasteiger partial charge in [-0.3, -0.25) is 0 Å². The molecule has 0 saturated heterocycles. The van der Waals surface area contributed by atoms with Gasteiger partial charge in [0, 0.05) is 0 Å². The van der Waals surface area contributed by atoms with Crippen LogP contribution in [0.3, 0.4) is 0 Å². The van der Waals surface area contributed by atoms with E-state index in [-0.39, 0.29) is 0 Å². The molecule has 0 heteroatoms. The number of hydrogen-bond acceptors (Lipinski definition) is 0. The molecule has 0 radical (unpaired) electrons. The molecule has 0 unspecified atom stereocenters. The Kier molecular flexibility index (Phi) is 11.5. The summed E-state index contributed by atoms with van der Waals surface area (Å²) in [5.41, 5.74) is 11.0. The largest absolute Gasteiger partial charge is 0.124 e. The number of terminal acetylenes is 1. The molecular weight excluding hydrogens is 432 g/mol. The second-order valence-corrected chi connectivity index (χ2v) is 8.66. The van der Waals surface area contributed by atoms with Gasteiger partial charge in [0.2, 0.25) is 0 Å². The third kappa shape index (κ3) is 6.87. The van der Waals surface area contributed by atoms with Crippen LogP contribution in [0.4, 0.5) is 0 Å². The Bertz CT molecular complexity index is 1300. The van der Waals surface area contributed by atoms with Crippen LogP contribution in [0, 0.1) is 33.6 Å². The normalized spacial score (nSPS) is 11.3. The van der Waals surface area contributed by atoms with Crippen LogP contribution in [-0.2, 0) is 6.42 Å². The van der Waals surface area contributed by atoms with Crippen LogP contribution in [0.5, 0.6) is 0 Å². The fraction of sp³-hybridized carbons (Fsp3) is 0.222. The van der Waals surface area contributed by atoms with Crippen LogP contribution in [-0.4, -0.2) is 0 Å². The SMILES string of the molecule is C#C.C/C=C\c1c2c(c3ccccc3c1C)C=CCC2.CC.Cc1cccc(-c2cccc(C)c2)c1. The van der Waals surface area contributed by atoms with Crippen LogP contribution in [0.15, 0.2) is 84.9 Å². The van der Waals surface area contributed by atoms with Crippen LogP contribution in [0.2, 0.25) is 0 Å². The molecule has 0 nitrogen and oxygen atoms in total. The van der Waals surface area contributed by atoms with Crippen molar-refractivity contribution in [2.75, 3.05) is 0 Å². The van der Waals surface area contributed by atoms with Crippen molar-refractivity contribution >= 4 is 22.9 Å². The lowest BCUT2D eigenvalue weighted by molar-refractivity contribution is 0.983. The van der Waals surface area contributed by atoms with Gasteiger partial charge >= 0.3 is 0 Å². The number of rotatable bonds is 2. The molecule has 0 heterocycles. The molecule has 184 valence electrons. The minimum atomic E-state index is 1.16. The Hall–Kier alpha value is -3.82. The maximum Gasteiger partial charge on any atom is -0.0106 e. The van der Waals surface area contributed by atoms with E-state index in [4.69, 9.17) is 0 Å². The number of fused-ring (bicyclic) bond motifs is 3. The summed E-state index contributed by atoms with van der Waals surface area (Å²) in [5.74, 6) is 0. The van der Waals surface area contributed by atoms with Crippen molar-refractivity contribution in [3.05, 3.63) is 118 Å². The van der Waals surface area contributed by atoms with Gasteiger partial charge in [0.25, 0.3) is 0 Å². The maximum absolute atomic E-state index is 4.00. The lowest BCUT2D eigenvalue weighted by atomic mass is 9.85. The molecule has 5 rings (SSSR count). The maximum atomic E-state index is 4.00. The first-order chi connectivity index (χ1) is 17.6. The second-order valence-electron chi connectivity index (χ2n) is 8.66. The smallest absolute Gasteiger partial charge is 0.0106 e. The molecule has 0 N–H and O–H groups in total. The highest BCUT2D eigenvalue weighted by atomic mass is 14.2. The fourth-order valence-electron chi connectivity index (χ4n) is 4.65. The minimum Gasteiger partial charge on any atom is -0.124 e. The first-order valence-electron chi connectivity index (χ1n) is 12.9. The summed E-state index contributed by atoms with van der Waals surface area (Å²) >= 11 is 0. The van der Waals surface area contributed by atoms with Gasteiger partial charge < -0.3 is 0 Å². The lowest BCUT2D eigenvalue weighted by Crippen LogP contribution is -2.01. The Balaban J connectivity index is 0.000000228. The first kappa shape index (κ1) is 28.4. The van der Waals surface area contributed by atoms with Crippen LogP contribution in [0.1, 0.15) is 60.6 Å². The number of hydrogen-bond donors (Lipinski definition) is 0. The predicted molar refractivity (Wildman–Crippen MR) is 163 cm³/mol. The van der Waals surface area contributed by atoms with E-state index in [2.05, 4.69) is 138 Å². The fourth-order valence-corrected chi connectivity index (χ4v) is 4.65. The van der Waals surface area contributed by atoms with Gasteiger partial charge in [-0.2, -0.15) is 0 Å². The zero-order valence-electron chi connectivity index (χ0n) is 22.8. The molecule has 1 aliphatic carbocycles. The van der Waals surface area contributed by atoms with Crippen molar-refractivity contribution in [2.24, 2.45) is 0 Å². The minimum absolute atomic E-state index is 1.16. The van der Waals surface area contributed by atoms with E-state index >= 15 is 0 Å². The van der Waals surface area contributed by atoms with Crippen LogP contribution < -0.4 is 0 Å². The predicted octanol–water partition coefficient (Wildman–Crippen LogP) is 10.4. The molecule has 0 saturated carbocycles. The summed E-state index contributed by atoms with van der Waals surface area (Å²) in [6, 6.07) is 26.0. The molecule has 0 spiro atoms. The van der Waals surface area contributed by atoms with E-state index in [9.17, 15) is 0 Å². The second kappa shape index (κ2) is 14.6. The summed E-state index contributed by atoms with van der Waals surface area (Å²) < 4.78 is 0. The van der Waals surface area contributed by atoms with Gasteiger partial charge in [-0.1, -0.05) is 122 Å². The molecule has 4 aromatic carbocycles. The van der Waals surface area contributed by atoms with Gasteiger partial charge in [-0.25, -0.2) is 0 Å². The Morgan fingerprint density at radius 1 is 0.722 bits per heavy atom. The average Bonchev–Trinajstić information content (AvgIpc) is 2.94. The van der Waals surface area contributed by atoms with Crippen molar-refractivity contribution in [3.8, 4) is 24.0 Å². The van der Waals surface area contributed by atoms with Crippen LogP contribution >= 0.6 is 0 Å². The molecular formula is C36H40. The third-order valence-electron chi connectivity index (χ3n) is 6.22. The van der Waals surface area contributed by atoms with E-state index in [1.165, 1.54) is 55.3 Å². The van der Waals surface area contributed by atoms with E-state index in [1.54, 1.807) is 0 Å². The number of benzene rings is 4. The van der Waals surface area contributed by atoms with Crippen molar-refractivity contribution in [1.29, 1.82) is 0 Å². The van der Waals surface area contributed by atoms with E-state index in [0.717, 1.165) is 12.8 Å². The summed E-state index contributed by atoms with van der Waals surface area (Å²) in [6.45, 7) is 12.6. The Morgan fingerprint density at radius 3 is 1.81 bits per heavy atom. The van der Waals surface area contributed by atoms with E-state index < -0.39 is 0 Å². The van der Waals surface area contributed by atoms with Gasteiger partial charge in [0.1, 0.15) is 0 Å². The van der Waals surface area contributed by atoms with Gasteiger partial charge in [0.15, 0.2) is 0 Å². The van der Waals surface area contributed by atoms with Gasteiger partial charge in [0.05, 0.1) is 0 Å². The number of aryl methyl sites for hydroxylation is 3. The Labute approximate surface area is 219 Å².